The van der Waals surface area contributed by atoms with Crippen LogP contribution in [0.4, 0.5) is 0 Å². The van der Waals surface area contributed by atoms with Crippen LogP contribution in [0.15, 0.2) is 58.7 Å². The van der Waals surface area contributed by atoms with Crippen molar-refractivity contribution in [2.24, 2.45) is 0 Å². The number of ketones is 1. The van der Waals surface area contributed by atoms with E-state index in [0.29, 0.717) is 6.42 Å². The van der Waals surface area contributed by atoms with E-state index in [4.69, 9.17) is 0 Å². The Bertz CT molecular complexity index is 711. The molecular formula is C27H41NO2. The summed E-state index contributed by atoms with van der Waals surface area (Å²) in [4.78, 5) is 25.1. The molecule has 0 unspecified atom stereocenters. The molecule has 0 N–H and O–H groups in total. The second kappa shape index (κ2) is 14.8. The molecule has 0 fully saturated rings. The van der Waals surface area contributed by atoms with Crippen LogP contribution in [0.5, 0.6) is 0 Å². The number of hydrogen-bond acceptors (Lipinski definition) is 2. The number of nitrogens with zero attached hydrogens (tertiary/aromatic N) is 1. The van der Waals surface area contributed by atoms with Crippen molar-refractivity contribution in [3.8, 4) is 0 Å². The minimum Gasteiger partial charge on any atom is -0.332 e. The molecule has 0 atom stereocenters. The monoisotopic (exact) mass is 411 g/mol. The molecule has 1 rings (SSSR count). The first-order chi connectivity index (χ1) is 14.3. The molecule has 0 aromatic heterocycles. The van der Waals surface area contributed by atoms with E-state index in [0.717, 1.165) is 63.6 Å². The van der Waals surface area contributed by atoms with Crippen molar-refractivity contribution in [3.63, 3.8) is 0 Å². The molecule has 1 heterocycles. The zero-order valence-corrected chi connectivity index (χ0v) is 19.8. The Morgan fingerprint density at radius 2 is 1.07 bits per heavy atom. The number of Topliss-reactive ketones (excluding diaryl/α,β-unsaturated/α-hetero) is 1. The molecule has 3 nitrogen and oxygen atoms in total. The molecule has 0 radical (unpaired) electrons. The van der Waals surface area contributed by atoms with Gasteiger partial charge in [-0.05, 0) is 79.6 Å². The van der Waals surface area contributed by atoms with E-state index in [-0.39, 0.29) is 11.7 Å². The summed E-state index contributed by atoms with van der Waals surface area (Å²) in [6.07, 6.45) is 20.8. The number of carbonyl (C=O) groups excluding carboxylic acids is 2. The summed E-state index contributed by atoms with van der Waals surface area (Å²) in [6, 6.07) is 0. The molecule has 1 amide bonds. The Morgan fingerprint density at radius 1 is 0.667 bits per heavy atom. The Balaban J connectivity index is 2.25. The van der Waals surface area contributed by atoms with Gasteiger partial charge in [0.25, 0.3) is 0 Å². The highest BCUT2D eigenvalue weighted by Crippen LogP contribution is 2.14. The van der Waals surface area contributed by atoms with Crippen molar-refractivity contribution in [2.75, 3.05) is 13.1 Å². The zero-order chi connectivity index (χ0) is 22.4. The molecule has 166 valence electrons. The summed E-state index contributed by atoms with van der Waals surface area (Å²) in [7, 11) is 0. The lowest BCUT2D eigenvalue weighted by molar-refractivity contribution is -0.125. The van der Waals surface area contributed by atoms with Gasteiger partial charge in [0.15, 0.2) is 0 Å². The quantitative estimate of drug-likeness (QED) is 0.245. The van der Waals surface area contributed by atoms with Crippen molar-refractivity contribution in [1.82, 2.24) is 4.90 Å². The SMILES string of the molecule is CC(=O)CCC=C(C)CCC=C(C)CCC=C(C)CCC=C(C)C(=O)N1CC=CC1. The normalized spacial score (nSPS) is 15.8. The van der Waals surface area contributed by atoms with Crippen molar-refractivity contribution >= 4 is 11.7 Å². The van der Waals surface area contributed by atoms with Gasteiger partial charge in [-0.2, -0.15) is 0 Å². The lowest BCUT2D eigenvalue weighted by atomic mass is 10.0. The van der Waals surface area contributed by atoms with Crippen LogP contribution in [-0.2, 0) is 9.59 Å². The molecule has 0 saturated heterocycles. The molecule has 0 saturated carbocycles. The summed E-state index contributed by atoms with van der Waals surface area (Å²) < 4.78 is 0. The third-order valence-electron chi connectivity index (χ3n) is 5.48. The second-order valence-electron chi connectivity index (χ2n) is 8.58. The molecule has 0 aromatic carbocycles. The van der Waals surface area contributed by atoms with E-state index < -0.39 is 0 Å². The molecule has 30 heavy (non-hydrogen) atoms. The van der Waals surface area contributed by atoms with Gasteiger partial charge in [0.2, 0.25) is 5.91 Å². The van der Waals surface area contributed by atoms with Crippen LogP contribution in [-0.4, -0.2) is 29.7 Å². The van der Waals surface area contributed by atoms with Gasteiger partial charge < -0.3 is 9.69 Å². The molecular weight excluding hydrogens is 370 g/mol. The van der Waals surface area contributed by atoms with Crippen LogP contribution >= 0.6 is 0 Å². The van der Waals surface area contributed by atoms with Gasteiger partial charge in [-0.25, -0.2) is 0 Å². The maximum absolute atomic E-state index is 12.3. The Labute approximate surface area is 184 Å². The van der Waals surface area contributed by atoms with Crippen molar-refractivity contribution in [3.05, 3.63) is 58.7 Å². The van der Waals surface area contributed by atoms with Crippen molar-refractivity contribution in [2.45, 2.75) is 86.0 Å². The summed E-state index contributed by atoms with van der Waals surface area (Å²) >= 11 is 0. The summed E-state index contributed by atoms with van der Waals surface area (Å²) in [5, 5.41) is 0. The number of amides is 1. The van der Waals surface area contributed by atoms with Gasteiger partial charge in [-0.15, -0.1) is 0 Å². The highest BCUT2D eigenvalue weighted by molar-refractivity contribution is 5.93. The first kappa shape index (κ1) is 25.9. The lowest BCUT2D eigenvalue weighted by Crippen LogP contribution is -2.28. The minimum absolute atomic E-state index is 0.159. The molecule has 1 aliphatic rings. The summed E-state index contributed by atoms with van der Waals surface area (Å²) in [5.74, 6) is 0.420. The van der Waals surface area contributed by atoms with Crippen LogP contribution < -0.4 is 0 Å². The predicted molar refractivity (Wildman–Crippen MR) is 128 cm³/mol. The van der Waals surface area contributed by atoms with Crippen LogP contribution in [0.2, 0.25) is 0 Å². The van der Waals surface area contributed by atoms with Gasteiger partial charge in [-0.1, -0.05) is 53.2 Å². The molecule has 0 bridgehead atoms. The minimum atomic E-state index is 0.159. The van der Waals surface area contributed by atoms with Crippen LogP contribution in [0.3, 0.4) is 0 Å². The Kier molecular flexibility index (Phi) is 12.7. The molecule has 3 heteroatoms. The first-order valence-corrected chi connectivity index (χ1v) is 11.4. The van der Waals surface area contributed by atoms with Gasteiger partial charge in [0, 0.05) is 25.1 Å². The zero-order valence-electron chi connectivity index (χ0n) is 19.8. The standard InChI is InChI=1S/C27H41NO2/c1-22(13-9-15-24(3)17-11-19-26(5)29)12-8-14-23(2)16-10-18-25(4)27(30)28-20-6-7-21-28/h6-7,13-14,17-18H,8-12,15-16,19-21H2,1-5H3. The fraction of sp³-hybridized carbons (Fsp3) is 0.556. The van der Waals surface area contributed by atoms with Crippen LogP contribution in [0.25, 0.3) is 0 Å². The average Bonchev–Trinajstić information content (AvgIpc) is 3.21. The third kappa shape index (κ3) is 11.7. The highest BCUT2D eigenvalue weighted by Gasteiger charge is 2.15. The van der Waals surface area contributed by atoms with E-state index in [2.05, 4.69) is 45.1 Å². The van der Waals surface area contributed by atoms with Crippen molar-refractivity contribution in [1.29, 1.82) is 0 Å². The summed E-state index contributed by atoms with van der Waals surface area (Å²) in [6.45, 7) is 11.6. The van der Waals surface area contributed by atoms with E-state index >= 15 is 0 Å². The predicted octanol–water partition coefficient (Wildman–Crippen LogP) is 6.88. The Hall–Kier alpha value is -2.16. The van der Waals surface area contributed by atoms with Gasteiger partial charge >= 0.3 is 0 Å². The van der Waals surface area contributed by atoms with E-state index in [1.54, 1.807) is 6.92 Å². The summed E-state index contributed by atoms with van der Waals surface area (Å²) in [5.41, 5.74) is 5.07. The number of hydrogen-bond donors (Lipinski definition) is 0. The van der Waals surface area contributed by atoms with E-state index in [1.807, 2.05) is 24.0 Å². The molecule has 0 aromatic rings. The fourth-order valence-electron chi connectivity index (χ4n) is 3.42. The number of rotatable bonds is 13. The second-order valence-corrected chi connectivity index (χ2v) is 8.58. The third-order valence-corrected chi connectivity index (χ3v) is 5.48. The average molecular weight is 412 g/mol. The van der Waals surface area contributed by atoms with E-state index in [9.17, 15) is 9.59 Å². The van der Waals surface area contributed by atoms with Gasteiger partial charge in [-0.3, -0.25) is 4.79 Å². The maximum atomic E-state index is 12.3. The van der Waals surface area contributed by atoms with Crippen molar-refractivity contribution < 1.29 is 9.59 Å². The van der Waals surface area contributed by atoms with Crippen LogP contribution in [0.1, 0.15) is 86.0 Å². The first-order valence-electron chi connectivity index (χ1n) is 11.4. The molecule has 0 aliphatic carbocycles. The highest BCUT2D eigenvalue weighted by atomic mass is 16.2. The Morgan fingerprint density at radius 3 is 1.50 bits per heavy atom. The van der Waals surface area contributed by atoms with Gasteiger partial charge in [0.05, 0.1) is 0 Å². The smallest absolute Gasteiger partial charge is 0.249 e. The molecule has 0 spiro atoms. The number of carbonyl (C=O) groups is 2. The molecule has 1 aliphatic heterocycles. The topological polar surface area (TPSA) is 37.4 Å². The lowest BCUT2D eigenvalue weighted by Gasteiger charge is -2.15. The fourth-order valence-corrected chi connectivity index (χ4v) is 3.42. The maximum Gasteiger partial charge on any atom is 0.249 e. The van der Waals surface area contributed by atoms with Gasteiger partial charge in [0.1, 0.15) is 5.78 Å². The number of allylic oxidation sites excluding steroid dienone is 7. The van der Waals surface area contributed by atoms with Crippen LogP contribution in [0, 0.1) is 0 Å². The van der Waals surface area contributed by atoms with E-state index in [1.165, 1.54) is 16.7 Å². The largest absolute Gasteiger partial charge is 0.332 e.